The van der Waals surface area contributed by atoms with Gasteiger partial charge in [0, 0.05) is 5.70 Å². The zero-order valence-corrected chi connectivity index (χ0v) is 14.1. The summed E-state index contributed by atoms with van der Waals surface area (Å²) in [5.41, 5.74) is 1.71. The number of nitrogens with one attached hydrogen (secondary N) is 2. The number of benzene rings is 2. The second kappa shape index (κ2) is 6.41. The van der Waals surface area contributed by atoms with Gasteiger partial charge in [0.25, 0.3) is 5.78 Å². The Morgan fingerprint density at radius 3 is 2.54 bits per heavy atom. The van der Waals surface area contributed by atoms with E-state index in [2.05, 4.69) is 15.4 Å². The second-order valence-electron chi connectivity index (χ2n) is 5.50. The van der Waals surface area contributed by atoms with Crippen molar-refractivity contribution in [2.45, 2.75) is 13.0 Å². The first kappa shape index (κ1) is 16.1. The van der Waals surface area contributed by atoms with Gasteiger partial charge in [-0.05, 0) is 41.5 Å². The average molecular weight is 340 g/mol. The molecule has 0 amide bonds. The minimum Gasteiger partial charge on any atom is -0.463 e. The lowest BCUT2D eigenvalue weighted by molar-refractivity contribution is -0.150. The van der Waals surface area contributed by atoms with E-state index in [-0.39, 0.29) is 0 Å². The summed E-state index contributed by atoms with van der Waals surface area (Å²) >= 11 is 5.21. The average Bonchev–Trinajstić information content (AvgIpc) is 2.59. The Hall–Kier alpha value is -2.73. The second-order valence-corrected chi connectivity index (χ2v) is 5.91. The highest BCUT2D eigenvalue weighted by molar-refractivity contribution is 7.80. The molecule has 0 fully saturated rings. The van der Waals surface area contributed by atoms with Gasteiger partial charge in [-0.15, -0.1) is 0 Å². The molecule has 0 aliphatic carbocycles. The van der Waals surface area contributed by atoms with Gasteiger partial charge in [-0.1, -0.05) is 36.4 Å². The Bertz CT molecular complexity index is 889. The summed E-state index contributed by atoms with van der Waals surface area (Å²) in [6, 6.07) is 13.3. The fourth-order valence-electron chi connectivity index (χ4n) is 2.83. The molecule has 1 heterocycles. The number of carbonyl (C=O) groups excluding carboxylic acids is 2. The van der Waals surface area contributed by atoms with Crippen molar-refractivity contribution in [3.05, 3.63) is 59.3 Å². The van der Waals surface area contributed by atoms with Crippen LogP contribution in [-0.4, -0.2) is 24.0 Å². The molecule has 2 aromatic rings. The Labute approximate surface area is 144 Å². The van der Waals surface area contributed by atoms with E-state index in [0.717, 1.165) is 16.3 Å². The van der Waals surface area contributed by atoms with E-state index in [1.165, 1.54) is 7.11 Å². The molecule has 1 atom stereocenters. The summed E-state index contributed by atoms with van der Waals surface area (Å²) in [7, 11) is 1.19. The predicted octanol–water partition coefficient (Wildman–Crippen LogP) is 2.37. The first-order valence-electron chi connectivity index (χ1n) is 7.41. The summed E-state index contributed by atoms with van der Waals surface area (Å²) in [5.74, 6) is -1.58. The number of ether oxygens (including phenoxy) is 1. The monoisotopic (exact) mass is 340 g/mol. The standard InChI is InChI=1S/C18H16N2O3S/c1-10-14(16(21)17(22)23-2)15(20-18(24)19-10)13-8-7-11-5-3-4-6-12(11)9-13/h3-9,15H,1-2H3,(H2,19,20,24)/t15-/m1/s1. The molecule has 1 aliphatic rings. The van der Waals surface area contributed by atoms with Crippen molar-refractivity contribution in [3.63, 3.8) is 0 Å². The number of ketones is 1. The van der Waals surface area contributed by atoms with Gasteiger partial charge < -0.3 is 15.4 Å². The molecule has 1 aliphatic heterocycles. The third-order valence-electron chi connectivity index (χ3n) is 3.99. The van der Waals surface area contributed by atoms with Crippen molar-refractivity contribution in [2.24, 2.45) is 0 Å². The molecular formula is C18H16N2O3S. The van der Waals surface area contributed by atoms with Crippen LogP contribution in [0.15, 0.2) is 53.7 Å². The molecule has 2 aromatic carbocycles. The number of methoxy groups -OCH3 is 1. The van der Waals surface area contributed by atoms with Crippen molar-refractivity contribution in [1.29, 1.82) is 0 Å². The largest absolute Gasteiger partial charge is 0.463 e. The van der Waals surface area contributed by atoms with E-state index >= 15 is 0 Å². The molecule has 6 heteroatoms. The van der Waals surface area contributed by atoms with E-state index in [1.54, 1.807) is 6.92 Å². The van der Waals surface area contributed by atoms with Gasteiger partial charge in [0.15, 0.2) is 5.11 Å². The summed E-state index contributed by atoms with van der Waals surface area (Å²) in [6.07, 6.45) is 0. The molecule has 0 spiro atoms. The van der Waals surface area contributed by atoms with Gasteiger partial charge >= 0.3 is 5.97 Å². The van der Waals surface area contributed by atoms with Crippen LogP contribution in [0.2, 0.25) is 0 Å². The van der Waals surface area contributed by atoms with Crippen LogP contribution >= 0.6 is 12.2 Å². The van der Waals surface area contributed by atoms with Crippen LogP contribution in [0.3, 0.4) is 0 Å². The van der Waals surface area contributed by atoms with Gasteiger partial charge in [0.2, 0.25) is 0 Å². The molecule has 0 aromatic heterocycles. The van der Waals surface area contributed by atoms with Crippen LogP contribution in [-0.2, 0) is 14.3 Å². The Morgan fingerprint density at radius 2 is 1.83 bits per heavy atom. The lowest BCUT2D eigenvalue weighted by Crippen LogP contribution is -2.45. The first-order valence-corrected chi connectivity index (χ1v) is 7.81. The van der Waals surface area contributed by atoms with Crippen LogP contribution < -0.4 is 10.6 Å². The number of Topliss-reactive ketones (excluding diaryl/α,β-unsaturated/α-hetero) is 1. The number of thiocarbonyl (C=S) groups is 1. The van der Waals surface area contributed by atoms with Crippen LogP contribution in [0.25, 0.3) is 10.8 Å². The molecule has 0 radical (unpaired) electrons. The number of hydrogen-bond acceptors (Lipinski definition) is 4. The fourth-order valence-corrected chi connectivity index (χ4v) is 3.11. The highest BCUT2D eigenvalue weighted by Gasteiger charge is 2.33. The van der Waals surface area contributed by atoms with Crippen molar-refractivity contribution < 1.29 is 14.3 Å². The van der Waals surface area contributed by atoms with Gasteiger partial charge in [0.05, 0.1) is 18.7 Å². The smallest absolute Gasteiger partial charge is 0.379 e. The maximum atomic E-state index is 12.4. The number of rotatable bonds is 3. The SMILES string of the molecule is COC(=O)C(=O)C1=C(C)NC(=S)N[C@@H]1c1ccc2ccccc2c1. The number of esters is 1. The topological polar surface area (TPSA) is 67.4 Å². The summed E-state index contributed by atoms with van der Waals surface area (Å²) in [6.45, 7) is 1.72. The molecular weight excluding hydrogens is 324 g/mol. The van der Waals surface area contributed by atoms with Crippen molar-refractivity contribution in [3.8, 4) is 0 Å². The van der Waals surface area contributed by atoms with Crippen LogP contribution in [0.4, 0.5) is 0 Å². The minimum absolute atomic E-state index is 0.311. The molecule has 0 unspecified atom stereocenters. The van der Waals surface area contributed by atoms with Crippen molar-refractivity contribution in [1.82, 2.24) is 10.6 Å². The fraction of sp³-hybridized carbons (Fsp3) is 0.167. The Balaban J connectivity index is 2.10. The Morgan fingerprint density at radius 1 is 1.12 bits per heavy atom. The zero-order chi connectivity index (χ0) is 17.3. The molecule has 0 saturated carbocycles. The van der Waals surface area contributed by atoms with E-state index in [1.807, 2.05) is 42.5 Å². The normalized spacial score (nSPS) is 17.2. The van der Waals surface area contributed by atoms with Gasteiger partial charge in [-0.3, -0.25) is 4.79 Å². The van der Waals surface area contributed by atoms with E-state index in [9.17, 15) is 9.59 Å². The van der Waals surface area contributed by atoms with E-state index in [0.29, 0.717) is 16.4 Å². The quantitative estimate of drug-likeness (QED) is 0.508. The molecule has 0 bridgehead atoms. The minimum atomic E-state index is -0.897. The third kappa shape index (κ3) is 2.88. The Kier molecular flexibility index (Phi) is 4.31. The lowest BCUT2D eigenvalue weighted by atomic mass is 9.91. The highest BCUT2D eigenvalue weighted by Crippen LogP contribution is 2.29. The number of hydrogen-bond donors (Lipinski definition) is 2. The number of fused-ring (bicyclic) bond motifs is 1. The van der Waals surface area contributed by atoms with Crippen molar-refractivity contribution in [2.75, 3.05) is 7.11 Å². The van der Waals surface area contributed by atoms with Gasteiger partial charge in [0.1, 0.15) is 0 Å². The summed E-state index contributed by atoms with van der Waals surface area (Å²) in [5, 5.41) is 8.52. The van der Waals surface area contributed by atoms with Crippen molar-refractivity contribution >= 4 is 39.9 Å². The van der Waals surface area contributed by atoms with Gasteiger partial charge in [-0.25, -0.2) is 4.79 Å². The van der Waals surface area contributed by atoms with Crippen LogP contribution in [0, 0.1) is 0 Å². The third-order valence-corrected chi connectivity index (χ3v) is 4.21. The van der Waals surface area contributed by atoms with E-state index < -0.39 is 17.8 Å². The molecule has 0 saturated heterocycles. The maximum Gasteiger partial charge on any atom is 0.379 e. The highest BCUT2D eigenvalue weighted by atomic mass is 32.1. The first-order chi connectivity index (χ1) is 11.5. The molecule has 2 N–H and O–H groups in total. The predicted molar refractivity (Wildman–Crippen MR) is 95.3 cm³/mol. The number of carbonyl (C=O) groups is 2. The van der Waals surface area contributed by atoms with E-state index in [4.69, 9.17) is 12.2 Å². The number of allylic oxidation sites excluding steroid dienone is 1. The zero-order valence-electron chi connectivity index (χ0n) is 13.3. The summed E-state index contributed by atoms with van der Waals surface area (Å²) < 4.78 is 4.58. The molecule has 5 nitrogen and oxygen atoms in total. The lowest BCUT2D eigenvalue weighted by Gasteiger charge is -2.30. The summed E-state index contributed by atoms with van der Waals surface area (Å²) in [4.78, 5) is 24.2. The maximum absolute atomic E-state index is 12.4. The molecule has 3 rings (SSSR count). The molecule has 122 valence electrons. The molecule has 24 heavy (non-hydrogen) atoms. The van der Waals surface area contributed by atoms with Crippen LogP contribution in [0.1, 0.15) is 18.5 Å². The van der Waals surface area contributed by atoms with Gasteiger partial charge in [-0.2, -0.15) is 0 Å². The van der Waals surface area contributed by atoms with Crippen LogP contribution in [0.5, 0.6) is 0 Å².